The first-order valence-corrected chi connectivity index (χ1v) is 9.86. The Morgan fingerprint density at radius 3 is 2.42 bits per heavy atom. The molecule has 26 heavy (non-hydrogen) atoms. The van der Waals surface area contributed by atoms with Crippen molar-refractivity contribution in [1.29, 1.82) is 0 Å². The molecule has 6 nitrogen and oxygen atoms in total. The van der Waals surface area contributed by atoms with Gasteiger partial charge in [0.05, 0.1) is 12.9 Å². The number of nitrogens with zero attached hydrogens (tertiary/aromatic N) is 3. The van der Waals surface area contributed by atoms with E-state index in [1.54, 1.807) is 7.11 Å². The molecule has 0 aliphatic carbocycles. The Balaban J connectivity index is 2.16. The van der Waals surface area contributed by atoms with Crippen molar-refractivity contribution in [2.45, 2.75) is 39.4 Å². The minimum absolute atomic E-state index is 0.0220. The van der Waals surface area contributed by atoms with Gasteiger partial charge < -0.3 is 14.6 Å². The number of rotatable bonds is 9. The van der Waals surface area contributed by atoms with Gasteiger partial charge in [-0.2, -0.15) is 0 Å². The van der Waals surface area contributed by atoms with Crippen LogP contribution in [0.2, 0.25) is 0 Å². The molecule has 1 aromatic heterocycles. The highest BCUT2D eigenvalue weighted by Crippen LogP contribution is 2.26. The molecular weight excluding hydrogens is 348 g/mol. The molecule has 1 amide bonds. The quantitative estimate of drug-likeness (QED) is 0.679. The number of hydrogen-bond acceptors (Lipinski definition) is 5. The fraction of sp³-hybridized carbons (Fsp3) is 0.526. The van der Waals surface area contributed by atoms with Crippen molar-refractivity contribution in [1.82, 2.24) is 20.1 Å². The van der Waals surface area contributed by atoms with E-state index < -0.39 is 0 Å². The van der Waals surface area contributed by atoms with E-state index in [4.69, 9.17) is 4.74 Å². The maximum Gasteiger partial charge on any atom is 0.230 e. The lowest BCUT2D eigenvalue weighted by molar-refractivity contribution is -0.118. The van der Waals surface area contributed by atoms with Gasteiger partial charge in [-0.1, -0.05) is 39.5 Å². The Morgan fingerprint density at radius 1 is 1.15 bits per heavy atom. The third-order valence-electron chi connectivity index (χ3n) is 3.65. The van der Waals surface area contributed by atoms with Gasteiger partial charge in [-0.05, 0) is 36.1 Å². The summed E-state index contributed by atoms with van der Waals surface area (Å²) in [7, 11) is 1.65. The molecule has 2 rings (SSSR count). The Labute approximate surface area is 159 Å². The van der Waals surface area contributed by atoms with Crippen LogP contribution in [0.5, 0.6) is 5.75 Å². The molecule has 0 fully saturated rings. The van der Waals surface area contributed by atoms with Crippen LogP contribution in [0.25, 0.3) is 11.4 Å². The monoisotopic (exact) mass is 376 g/mol. The van der Waals surface area contributed by atoms with Crippen molar-refractivity contribution in [2.75, 3.05) is 19.4 Å². The van der Waals surface area contributed by atoms with E-state index in [0.29, 0.717) is 24.1 Å². The van der Waals surface area contributed by atoms with Crippen LogP contribution in [0, 0.1) is 11.8 Å². The molecule has 2 aromatic rings. The molecule has 142 valence electrons. The lowest BCUT2D eigenvalue weighted by atomic mass is 10.2. The van der Waals surface area contributed by atoms with Crippen LogP contribution < -0.4 is 10.1 Å². The molecule has 0 spiro atoms. The van der Waals surface area contributed by atoms with Gasteiger partial charge in [0, 0.05) is 18.7 Å². The summed E-state index contributed by atoms with van der Waals surface area (Å²) in [6.45, 7) is 9.95. The number of methoxy groups -OCH3 is 1. The minimum Gasteiger partial charge on any atom is -0.497 e. The number of carbonyl (C=O) groups is 1. The molecular formula is C19H28N4O2S. The summed E-state index contributed by atoms with van der Waals surface area (Å²) >= 11 is 1.42. The van der Waals surface area contributed by atoms with E-state index in [2.05, 4.69) is 47.8 Å². The third-order valence-corrected chi connectivity index (χ3v) is 4.62. The number of nitrogens with one attached hydrogen (secondary N) is 1. The van der Waals surface area contributed by atoms with E-state index in [1.165, 1.54) is 11.8 Å². The molecule has 1 aromatic carbocycles. The van der Waals surface area contributed by atoms with Crippen molar-refractivity contribution < 1.29 is 9.53 Å². The SMILES string of the molecule is COc1ccc(-c2nnc(SCC(=O)NCC(C)C)n2CC(C)C)cc1. The Hall–Kier alpha value is -2.02. The van der Waals surface area contributed by atoms with Crippen molar-refractivity contribution >= 4 is 17.7 Å². The standard InChI is InChI=1S/C19H28N4O2S/c1-13(2)10-20-17(24)12-26-19-22-21-18(23(19)11-14(3)4)15-6-8-16(25-5)9-7-15/h6-9,13-14H,10-12H2,1-5H3,(H,20,24). The summed E-state index contributed by atoms with van der Waals surface area (Å²) in [6, 6.07) is 7.78. The van der Waals surface area contributed by atoms with Gasteiger partial charge in [0.15, 0.2) is 11.0 Å². The number of benzene rings is 1. The molecule has 1 N–H and O–H groups in total. The second kappa shape index (κ2) is 9.62. The largest absolute Gasteiger partial charge is 0.497 e. The Morgan fingerprint density at radius 2 is 1.85 bits per heavy atom. The molecule has 0 bridgehead atoms. The van der Waals surface area contributed by atoms with Gasteiger partial charge in [-0.25, -0.2) is 0 Å². The molecule has 0 saturated carbocycles. The highest BCUT2D eigenvalue weighted by molar-refractivity contribution is 7.99. The molecule has 0 radical (unpaired) electrons. The van der Waals surface area contributed by atoms with Crippen LogP contribution in [0.4, 0.5) is 0 Å². The predicted molar refractivity (Wildman–Crippen MR) is 105 cm³/mol. The van der Waals surface area contributed by atoms with Crippen molar-refractivity contribution in [3.63, 3.8) is 0 Å². The number of hydrogen-bond donors (Lipinski definition) is 1. The Kier molecular flexibility index (Phi) is 7.50. The molecule has 7 heteroatoms. The van der Waals surface area contributed by atoms with Crippen molar-refractivity contribution in [3.8, 4) is 17.1 Å². The number of ether oxygens (including phenoxy) is 1. The zero-order valence-corrected chi connectivity index (χ0v) is 17.0. The normalized spacial score (nSPS) is 11.2. The number of aromatic nitrogens is 3. The minimum atomic E-state index is 0.0220. The second-order valence-corrected chi connectivity index (χ2v) is 7.97. The zero-order valence-electron chi connectivity index (χ0n) is 16.2. The maximum absolute atomic E-state index is 12.0. The third kappa shape index (κ3) is 5.76. The van der Waals surface area contributed by atoms with E-state index >= 15 is 0 Å². The number of amides is 1. The lowest BCUT2D eigenvalue weighted by Crippen LogP contribution is -2.28. The van der Waals surface area contributed by atoms with Crippen molar-refractivity contribution in [3.05, 3.63) is 24.3 Å². The predicted octanol–water partition coefficient (Wildman–Crippen LogP) is 3.47. The van der Waals surface area contributed by atoms with Crippen LogP contribution in [0.3, 0.4) is 0 Å². The molecule has 0 saturated heterocycles. The average Bonchev–Trinajstić information content (AvgIpc) is 3.00. The van der Waals surface area contributed by atoms with Gasteiger partial charge in [0.1, 0.15) is 5.75 Å². The second-order valence-electron chi connectivity index (χ2n) is 7.03. The van der Waals surface area contributed by atoms with Crippen LogP contribution in [-0.2, 0) is 11.3 Å². The fourth-order valence-corrected chi connectivity index (χ4v) is 3.16. The first-order valence-electron chi connectivity index (χ1n) is 8.87. The summed E-state index contributed by atoms with van der Waals surface area (Å²) in [5, 5.41) is 12.4. The number of thioether (sulfide) groups is 1. The highest BCUT2D eigenvalue weighted by Gasteiger charge is 2.16. The first kappa shape index (κ1) is 20.3. The summed E-state index contributed by atoms with van der Waals surface area (Å²) < 4.78 is 7.31. The van der Waals surface area contributed by atoms with E-state index in [0.717, 1.165) is 28.8 Å². The molecule has 0 aliphatic rings. The van der Waals surface area contributed by atoms with Gasteiger partial charge in [0.25, 0.3) is 0 Å². The topological polar surface area (TPSA) is 69.0 Å². The van der Waals surface area contributed by atoms with Gasteiger partial charge in [-0.15, -0.1) is 10.2 Å². The molecule has 0 aliphatic heterocycles. The lowest BCUT2D eigenvalue weighted by Gasteiger charge is -2.13. The van der Waals surface area contributed by atoms with Crippen LogP contribution in [-0.4, -0.2) is 40.1 Å². The van der Waals surface area contributed by atoms with E-state index in [9.17, 15) is 4.79 Å². The maximum atomic E-state index is 12.0. The van der Waals surface area contributed by atoms with Crippen LogP contribution >= 0.6 is 11.8 Å². The van der Waals surface area contributed by atoms with E-state index in [1.807, 2.05) is 24.3 Å². The Bertz CT molecular complexity index is 711. The average molecular weight is 377 g/mol. The summed E-state index contributed by atoms with van der Waals surface area (Å²) in [5.74, 6) is 2.86. The number of carbonyl (C=O) groups excluding carboxylic acids is 1. The first-order chi connectivity index (χ1) is 12.4. The summed E-state index contributed by atoms with van der Waals surface area (Å²) in [5.41, 5.74) is 0.982. The molecule has 0 atom stereocenters. The highest BCUT2D eigenvalue weighted by atomic mass is 32.2. The molecule has 0 unspecified atom stereocenters. The molecule has 1 heterocycles. The fourth-order valence-electron chi connectivity index (χ4n) is 2.38. The van der Waals surface area contributed by atoms with Gasteiger partial charge in [0.2, 0.25) is 5.91 Å². The van der Waals surface area contributed by atoms with E-state index in [-0.39, 0.29) is 5.91 Å². The van der Waals surface area contributed by atoms with Gasteiger partial charge >= 0.3 is 0 Å². The van der Waals surface area contributed by atoms with Crippen molar-refractivity contribution in [2.24, 2.45) is 11.8 Å². The van der Waals surface area contributed by atoms with Crippen LogP contribution in [0.1, 0.15) is 27.7 Å². The smallest absolute Gasteiger partial charge is 0.230 e. The van der Waals surface area contributed by atoms with Gasteiger partial charge in [-0.3, -0.25) is 4.79 Å². The summed E-state index contributed by atoms with van der Waals surface area (Å²) in [6.07, 6.45) is 0. The summed E-state index contributed by atoms with van der Waals surface area (Å²) in [4.78, 5) is 12.0. The zero-order chi connectivity index (χ0) is 19.1. The van der Waals surface area contributed by atoms with Crippen LogP contribution in [0.15, 0.2) is 29.4 Å².